The lowest BCUT2D eigenvalue weighted by molar-refractivity contribution is 1.78. The van der Waals surface area contributed by atoms with Crippen LogP contribution in [0.15, 0.2) is 0 Å². The molecular weight excluding hydrogens is 327 g/mol. The molecule has 0 aliphatic carbocycles. The quantitative estimate of drug-likeness (QED) is 0.490. The van der Waals surface area contributed by atoms with Crippen LogP contribution in [0.1, 0.15) is 5.03 Å². The van der Waals surface area contributed by atoms with Crippen molar-refractivity contribution in [3.05, 3.63) is 5.03 Å². The monoisotopic (exact) mass is 330 g/mol. The van der Waals surface area contributed by atoms with E-state index < -0.39 is 0 Å². The van der Waals surface area contributed by atoms with E-state index in [1.165, 1.54) is 0 Å². The first-order valence-electron chi connectivity index (χ1n) is 3.29. The van der Waals surface area contributed by atoms with Crippen molar-refractivity contribution in [3.63, 3.8) is 0 Å². The summed E-state index contributed by atoms with van der Waals surface area (Å²) < 4.78 is 0. The molecular formula is C4H3P9. The standard InChI is InChI=1S/C4H3P9/c1-2-5-7-3(8-6-2)4-9-11-13-12-10-4/h1H3. The number of rotatable bonds is 1. The summed E-state index contributed by atoms with van der Waals surface area (Å²) in [6.07, 6.45) is 0. The van der Waals surface area contributed by atoms with E-state index in [9.17, 15) is 0 Å². The van der Waals surface area contributed by atoms with Gasteiger partial charge in [0.1, 0.15) is 0 Å². The van der Waals surface area contributed by atoms with Crippen molar-refractivity contribution in [3.8, 4) is 10.1 Å². The Balaban J connectivity index is 2.42. The molecule has 9 heteroatoms. The van der Waals surface area contributed by atoms with Crippen LogP contribution >= 0.6 is 69.9 Å². The van der Waals surface area contributed by atoms with Crippen LogP contribution in [0.5, 0.6) is 0 Å². The molecule has 0 spiro atoms. The largest absolute Gasteiger partial charge is 0.0559 e. The summed E-state index contributed by atoms with van der Waals surface area (Å²) in [6, 6.07) is 0. The second kappa shape index (κ2) is 6.15. The minimum Gasteiger partial charge on any atom is -0.0339 e. The SMILES string of the molecule is Cc1ppc(-c2ppppp2)pp1. The molecule has 0 N–H and O–H groups in total. The van der Waals surface area contributed by atoms with Gasteiger partial charge in [0.05, 0.1) is 10.1 Å². The summed E-state index contributed by atoms with van der Waals surface area (Å²) in [5.74, 6) is 0. The third-order valence-corrected chi connectivity index (χ3v) is 22.4. The number of aryl methyl sites for hydroxylation is 1. The Labute approximate surface area is 91.7 Å². The van der Waals surface area contributed by atoms with Crippen LogP contribution in [-0.4, -0.2) is 0 Å². The Morgan fingerprint density at radius 3 is 1.77 bits per heavy atom. The highest BCUT2D eigenvalue weighted by Crippen LogP contribution is 2.58. The van der Waals surface area contributed by atoms with Gasteiger partial charge in [-0.25, -0.2) is 0 Å². The van der Waals surface area contributed by atoms with Gasteiger partial charge in [-0.2, -0.15) is 0 Å². The zero-order valence-corrected chi connectivity index (χ0v) is 14.6. The molecule has 0 fully saturated rings. The van der Waals surface area contributed by atoms with Gasteiger partial charge in [-0.3, -0.25) is 0 Å². The van der Waals surface area contributed by atoms with Crippen molar-refractivity contribution in [2.75, 3.05) is 0 Å². The first-order chi connectivity index (χ1) is 6.36. The fourth-order valence-electron chi connectivity index (χ4n) is 0.621. The Morgan fingerprint density at radius 1 is 0.615 bits per heavy atom. The van der Waals surface area contributed by atoms with Crippen LogP contribution in [0.3, 0.4) is 0 Å². The molecule has 64 valence electrons. The van der Waals surface area contributed by atoms with Gasteiger partial charge in [-0.05, 0) is 76.8 Å². The van der Waals surface area contributed by atoms with Gasteiger partial charge in [0, 0.05) is 5.03 Å². The smallest absolute Gasteiger partial charge is 0.0339 e. The summed E-state index contributed by atoms with van der Waals surface area (Å²) >= 11 is 0. The normalized spacial score (nSPS) is 15.5. The summed E-state index contributed by atoms with van der Waals surface area (Å²) in [5, 5.41) is 5.06. The molecule has 0 saturated carbocycles. The van der Waals surface area contributed by atoms with E-state index in [4.69, 9.17) is 0 Å². The highest BCUT2D eigenvalue weighted by atomic mass is 32.4. The second-order valence-corrected chi connectivity index (χ2v) is 18.0. The van der Waals surface area contributed by atoms with Crippen molar-refractivity contribution in [1.82, 2.24) is 0 Å². The first-order valence-corrected chi connectivity index (χ1v) is 15.6. The predicted octanol–water partition coefficient (Wildman–Crippen LogP) is 8.88. The van der Waals surface area contributed by atoms with Gasteiger partial charge < -0.3 is 0 Å². The molecule has 0 atom stereocenters. The Kier molecular flexibility index (Phi) is 5.57. The van der Waals surface area contributed by atoms with E-state index in [1.54, 1.807) is 84.9 Å². The zero-order chi connectivity index (χ0) is 9.10. The van der Waals surface area contributed by atoms with Crippen molar-refractivity contribution < 1.29 is 0 Å². The minimum absolute atomic E-state index is 1.54. The summed E-state index contributed by atoms with van der Waals surface area (Å²) in [7, 11) is 14.2. The average molecular weight is 330 g/mol. The molecule has 13 heavy (non-hydrogen) atoms. The van der Waals surface area contributed by atoms with Crippen LogP contribution in [0, 0.1) is 6.92 Å². The fraction of sp³-hybridized carbons (Fsp3) is 0.250. The van der Waals surface area contributed by atoms with E-state index >= 15 is 0 Å². The van der Waals surface area contributed by atoms with Crippen LogP contribution in [0.2, 0.25) is 0 Å². The van der Waals surface area contributed by atoms with Gasteiger partial charge in [-0.15, -0.1) is 0 Å². The minimum atomic E-state index is 1.54. The van der Waals surface area contributed by atoms with E-state index in [2.05, 4.69) is 6.92 Å². The van der Waals surface area contributed by atoms with E-state index in [-0.39, 0.29) is 0 Å². The van der Waals surface area contributed by atoms with Crippen LogP contribution in [-0.2, 0) is 0 Å². The first kappa shape index (κ1) is 11.8. The van der Waals surface area contributed by atoms with E-state index in [1.807, 2.05) is 0 Å². The van der Waals surface area contributed by atoms with E-state index in [0.717, 1.165) is 0 Å². The Morgan fingerprint density at radius 2 is 1.15 bits per heavy atom. The van der Waals surface area contributed by atoms with Gasteiger partial charge in [-0.1, -0.05) is 0 Å². The molecule has 2 aromatic heterocycles. The predicted molar refractivity (Wildman–Crippen MR) is 79.2 cm³/mol. The molecule has 0 saturated heterocycles. The molecule has 0 bridgehead atoms. The lowest BCUT2D eigenvalue weighted by Crippen LogP contribution is -1.47. The van der Waals surface area contributed by atoms with E-state index in [0.29, 0.717) is 0 Å². The topological polar surface area (TPSA) is 0 Å². The molecule has 0 radical (unpaired) electrons. The van der Waals surface area contributed by atoms with Crippen LogP contribution in [0.25, 0.3) is 10.1 Å². The second-order valence-electron chi connectivity index (χ2n) is 2.06. The molecule has 0 aliphatic rings. The lowest BCUT2D eigenvalue weighted by Gasteiger charge is -1.95. The number of hydrogen-bond donors (Lipinski definition) is 0. The molecule has 2 aromatic rings. The van der Waals surface area contributed by atoms with Gasteiger partial charge >= 0.3 is 0 Å². The third kappa shape index (κ3) is 3.67. The summed E-state index contributed by atoms with van der Waals surface area (Å²) in [6.45, 7) is 2.27. The highest BCUT2D eigenvalue weighted by molar-refractivity contribution is 8.40. The maximum Gasteiger partial charge on any atom is 0.0559 e. The molecule has 0 amide bonds. The average Bonchev–Trinajstić information content (AvgIpc) is 2.20. The van der Waals surface area contributed by atoms with Gasteiger partial charge in [0.2, 0.25) is 0 Å². The van der Waals surface area contributed by atoms with Crippen LogP contribution < -0.4 is 0 Å². The molecule has 0 aromatic carbocycles. The fourth-order valence-corrected chi connectivity index (χ4v) is 25.5. The third-order valence-electron chi connectivity index (χ3n) is 1.14. The Hall–Kier alpha value is 2.31. The van der Waals surface area contributed by atoms with Gasteiger partial charge in [0.15, 0.2) is 0 Å². The maximum absolute atomic E-state index is 2.27. The molecule has 2 rings (SSSR count). The molecule has 0 aliphatic heterocycles. The lowest BCUT2D eigenvalue weighted by atomic mass is 10.9. The van der Waals surface area contributed by atoms with Crippen molar-refractivity contribution in [2.24, 2.45) is 0 Å². The van der Waals surface area contributed by atoms with Gasteiger partial charge in [0.25, 0.3) is 0 Å². The Bertz CT molecular complexity index is 382. The molecule has 2 heterocycles. The van der Waals surface area contributed by atoms with Crippen LogP contribution in [0.4, 0.5) is 0 Å². The maximum atomic E-state index is 2.27. The van der Waals surface area contributed by atoms with Crippen molar-refractivity contribution in [2.45, 2.75) is 6.92 Å². The molecule has 0 nitrogen and oxygen atoms in total. The zero-order valence-electron chi connectivity index (χ0n) is 6.52. The summed E-state index contributed by atoms with van der Waals surface area (Å²) in [5.41, 5.74) is 0. The molecule has 0 unspecified atom stereocenters. The van der Waals surface area contributed by atoms with Crippen molar-refractivity contribution in [1.29, 1.82) is 0 Å². The highest BCUT2D eigenvalue weighted by Gasteiger charge is 1.99. The summed E-state index contributed by atoms with van der Waals surface area (Å²) in [4.78, 5) is 0. The van der Waals surface area contributed by atoms with Crippen molar-refractivity contribution >= 4 is 69.9 Å². The number of hydrogen-bond acceptors (Lipinski definition) is 0.